The average molecular weight is 583 g/mol. The molecule has 0 bridgehead atoms. The maximum absolute atomic E-state index is 15.2. The molecule has 2 heterocycles. The molecule has 0 radical (unpaired) electrons. The van der Waals surface area contributed by atoms with Gasteiger partial charge in [0.2, 0.25) is 0 Å². The van der Waals surface area contributed by atoms with Crippen molar-refractivity contribution in [3.63, 3.8) is 0 Å². The van der Waals surface area contributed by atoms with Crippen molar-refractivity contribution < 1.29 is 37.6 Å². The van der Waals surface area contributed by atoms with Crippen LogP contribution in [0.5, 0.6) is 17.2 Å². The zero-order chi connectivity index (χ0) is 28.6. The summed E-state index contributed by atoms with van der Waals surface area (Å²) in [5.74, 6) is 1.86. The van der Waals surface area contributed by atoms with E-state index in [0.29, 0.717) is 47.7 Å². The average Bonchev–Trinajstić information content (AvgIpc) is 3.24. The van der Waals surface area contributed by atoms with E-state index in [2.05, 4.69) is 12.1 Å². The highest BCUT2D eigenvalue weighted by Crippen LogP contribution is 2.46. The molecule has 3 aromatic rings. The number of benzene rings is 3. The van der Waals surface area contributed by atoms with Gasteiger partial charge in [-0.3, -0.25) is 13.9 Å². The highest BCUT2D eigenvalue weighted by Gasteiger charge is 2.27. The van der Waals surface area contributed by atoms with Crippen LogP contribution in [0.4, 0.5) is 4.39 Å². The van der Waals surface area contributed by atoms with Crippen molar-refractivity contribution in [3.8, 4) is 28.4 Å². The third kappa shape index (κ3) is 6.32. The SMILES string of the molecule is O=C(O)C[C@@H]1COc2cc(OCc3cc4c(cc3F)CCCc3cc(OCC5CCS(O)(O)CC5)ccc3-4)ccc21. The summed E-state index contributed by atoms with van der Waals surface area (Å²) < 4.78 is 52.6. The Hall–Kier alpha value is -3.27. The fraction of sp³-hybridized carbons (Fsp3) is 0.406. The van der Waals surface area contributed by atoms with Crippen molar-refractivity contribution in [2.24, 2.45) is 5.92 Å². The number of carboxylic acid groups (broad SMARTS) is 1. The van der Waals surface area contributed by atoms with E-state index < -0.39 is 16.6 Å². The van der Waals surface area contributed by atoms with E-state index in [4.69, 9.17) is 19.3 Å². The molecule has 218 valence electrons. The monoisotopic (exact) mass is 582 g/mol. The van der Waals surface area contributed by atoms with Gasteiger partial charge in [0.05, 0.1) is 19.6 Å². The fourth-order valence-corrected chi connectivity index (χ4v) is 7.68. The maximum atomic E-state index is 15.2. The molecule has 0 amide bonds. The molecule has 9 heteroatoms. The number of aryl methyl sites for hydroxylation is 2. The summed E-state index contributed by atoms with van der Waals surface area (Å²) in [6.07, 6.45) is 4.11. The van der Waals surface area contributed by atoms with Gasteiger partial charge in [-0.05, 0) is 90.6 Å². The molecule has 3 N–H and O–H groups in total. The largest absolute Gasteiger partial charge is 0.493 e. The Bertz CT molecular complexity index is 1450. The van der Waals surface area contributed by atoms with Crippen LogP contribution in [0.3, 0.4) is 0 Å². The Labute approximate surface area is 240 Å². The molecule has 41 heavy (non-hydrogen) atoms. The zero-order valence-corrected chi connectivity index (χ0v) is 23.6. The van der Waals surface area contributed by atoms with Gasteiger partial charge in [-0.2, -0.15) is 10.6 Å². The lowest BCUT2D eigenvalue weighted by Crippen LogP contribution is -2.24. The molecule has 0 spiro atoms. The van der Waals surface area contributed by atoms with Crippen molar-refractivity contribution in [1.82, 2.24) is 0 Å². The van der Waals surface area contributed by atoms with Gasteiger partial charge in [-0.1, -0.05) is 12.1 Å². The number of fused-ring (bicyclic) bond motifs is 4. The van der Waals surface area contributed by atoms with Crippen LogP contribution >= 0.6 is 10.6 Å². The van der Waals surface area contributed by atoms with Crippen LogP contribution in [0.25, 0.3) is 11.1 Å². The van der Waals surface area contributed by atoms with Gasteiger partial charge in [0.25, 0.3) is 0 Å². The van der Waals surface area contributed by atoms with E-state index in [1.54, 1.807) is 18.2 Å². The van der Waals surface area contributed by atoms with Gasteiger partial charge in [0.1, 0.15) is 29.7 Å². The van der Waals surface area contributed by atoms with Gasteiger partial charge in [0.15, 0.2) is 0 Å². The quantitative estimate of drug-likeness (QED) is 0.261. The molecule has 1 atom stereocenters. The summed E-state index contributed by atoms with van der Waals surface area (Å²) in [6, 6.07) is 15.0. The van der Waals surface area contributed by atoms with Crippen LogP contribution in [0.1, 0.15) is 53.9 Å². The van der Waals surface area contributed by atoms with Crippen LogP contribution in [-0.2, 0) is 24.2 Å². The first-order chi connectivity index (χ1) is 19.7. The van der Waals surface area contributed by atoms with Gasteiger partial charge >= 0.3 is 5.97 Å². The predicted molar refractivity (Wildman–Crippen MR) is 156 cm³/mol. The fourth-order valence-electron chi connectivity index (χ4n) is 6.05. The van der Waals surface area contributed by atoms with Crippen LogP contribution in [-0.4, -0.2) is 44.9 Å². The summed E-state index contributed by atoms with van der Waals surface area (Å²) in [4.78, 5) is 11.1. The third-order valence-corrected chi connectivity index (χ3v) is 10.2. The van der Waals surface area contributed by atoms with E-state index in [0.717, 1.165) is 60.1 Å². The van der Waals surface area contributed by atoms with Crippen molar-refractivity contribution in [1.29, 1.82) is 0 Å². The topological polar surface area (TPSA) is 105 Å². The molecule has 7 nitrogen and oxygen atoms in total. The zero-order valence-electron chi connectivity index (χ0n) is 22.8. The molecular weight excluding hydrogens is 547 g/mol. The first-order valence-corrected chi connectivity index (χ1v) is 16.0. The van der Waals surface area contributed by atoms with Gasteiger partial charge in [-0.15, -0.1) is 0 Å². The minimum Gasteiger partial charge on any atom is -0.493 e. The number of hydrogen-bond donors (Lipinski definition) is 3. The standard InChI is InChI=1S/C32H35FO7S/c33-30-14-22-3-1-2-21-12-25(38-17-20-8-10-41(36,37)11-9-20)4-6-27(21)29(22)13-24(30)19-39-26-5-7-28-23(15-32(34)35)18-40-31(28)16-26/h4-7,12-14,16,20,23,36-37H,1-3,8-11,15,17-19H2,(H,34,35)/t23-/m1/s1. The molecule has 1 aliphatic carbocycles. The van der Waals surface area contributed by atoms with E-state index in [1.807, 2.05) is 18.2 Å². The predicted octanol–water partition coefficient (Wildman–Crippen LogP) is 7.05. The van der Waals surface area contributed by atoms with Gasteiger partial charge in [0, 0.05) is 34.6 Å². The van der Waals surface area contributed by atoms with Crippen LogP contribution < -0.4 is 14.2 Å². The molecule has 0 aromatic heterocycles. The summed E-state index contributed by atoms with van der Waals surface area (Å²) in [5.41, 5.74) is 5.56. The number of carboxylic acids is 1. The molecular formula is C32H35FO7S. The van der Waals surface area contributed by atoms with Crippen LogP contribution in [0.15, 0.2) is 48.5 Å². The smallest absolute Gasteiger partial charge is 0.304 e. The van der Waals surface area contributed by atoms with E-state index in [9.17, 15) is 13.9 Å². The van der Waals surface area contributed by atoms with Crippen molar-refractivity contribution in [2.45, 2.75) is 51.0 Å². The summed E-state index contributed by atoms with van der Waals surface area (Å²) in [5, 5.41) is 9.12. The Balaban J connectivity index is 1.15. The molecule has 6 rings (SSSR count). The minimum absolute atomic E-state index is 0.0136. The van der Waals surface area contributed by atoms with Crippen molar-refractivity contribution >= 4 is 16.6 Å². The second kappa shape index (κ2) is 11.5. The van der Waals surface area contributed by atoms with Crippen molar-refractivity contribution in [3.05, 3.63) is 76.6 Å². The van der Waals surface area contributed by atoms with E-state index in [-0.39, 0.29) is 24.8 Å². The summed E-state index contributed by atoms with van der Waals surface area (Å²) in [6.45, 7) is 0.941. The summed E-state index contributed by atoms with van der Waals surface area (Å²) in [7, 11) is -2.39. The number of ether oxygens (including phenoxy) is 3. The number of halogens is 1. The second-order valence-electron chi connectivity index (χ2n) is 11.3. The lowest BCUT2D eigenvalue weighted by atomic mass is 9.94. The lowest BCUT2D eigenvalue weighted by Gasteiger charge is -2.39. The Morgan fingerprint density at radius 2 is 1.68 bits per heavy atom. The normalized spacial score (nSPS) is 20.1. The van der Waals surface area contributed by atoms with Crippen LogP contribution in [0.2, 0.25) is 0 Å². The molecule has 1 fully saturated rings. The maximum Gasteiger partial charge on any atom is 0.304 e. The Morgan fingerprint density at radius 1 is 0.951 bits per heavy atom. The van der Waals surface area contributed by atoms with Gasteiger partial charge < -0.3 is 19.3 Å². The highest BCUT2D eigenvalue weighted by molar-refractivity contribution is 8.24. The highest BCUT2D eigenvalue weighted by atomic mass is 32.3. The first kappa shape index (κ1) is 27.9. The van der Waals surface area contributed by atoms with Crippen LogP contribution in [0, 0.1) is 11.7 Å². The van der Waals surface area contributed by atoms with E-state index in [1.165, 1.54) is 5.56 Å². The summed E-state index contributed by atoms with van der Waals surface area (Å²) >= 11 is 0. The molecule has 1 saturated heterocycles. The number of hydrogen-bond acceptors (Lipinski definition) is 6. The Morgan fingerprint density at radius 3 is 2.46 bits per heavy atom. The second-order valence-corrected chi connectivity index (χ2v) is 13.8. The molecule has 0 saturated carbocycles. The van der Waals surface area contributed by atoms with E-state index >= 15 is 4.39 Å². The lowest BCUT2D eigenvalue weighted by molar-refractivity contribution is -0.137. The van der Waals surface area contributed by atoms with Crippen molar-refractivity contribution in [2.75, 3.05) is 24.7 Å². The first-order valence-electron chi connectivity index (χ1n) is 14.2. The number of rotatable bonds is 8. The molecule has 3 aliphatic rings. The molecule has 3 aromatic carbocycles. The molecule has 0 unspecified atom stereocenters. The molecule has 2 aliphatic heterocycles. The number of carbonyl (C=O) groups is 1. The van der Waals surface area contributed by atoms with Gasteiger partial charge in [-0.25, -0.2) is 4.39 Å². The number of aliphatic carboxylic acids is 1. The minimum atomic E-state index is -2.39. The Kier molecular flexibility index (Phi) is 7.85. The third-order valence-electron chi connectivity index (χ3n) is 8.40.